The van der Waals surface area contributed by atoms with E-state index in [-0.39, 0.29) is 24.1 Å². The van der Waals surface area contributed by atoms with Crippen LogP contribution in [0.25, 0.3) is 11.2 Å². The quantitative estimate of drug-likeness (QED) is 0.0709. The molecule has 2 aromatic heterocycles. The molecule has 7 rings (SSSR count). The van der Waals surface area contributed by atoms with Gasteiger partial charge in [0.05, 0.1) is 38.8 Å². The van der Waals surface area contributed by atoms with E-state index in [4.69, 9.17) is 44.8 Å². The Hall–Kier alpha value is -5.37. The van der Waals surface area contributed by atoms with Crippen molar-refractivity contribution in [1.82, 2.24) is 19.5 Å². The van der Waals surface area contributed by atoms with Crippen LogP contribution in [0.4, 0.5) is 5.95 Å². The minimum Gasteiger partial charge on any atom is -0.497 e. The number of methoxy groups -OCH3 is 2. The smallest absolute Gasteiger partial charge is 0.343 e. The average Bonchev–Trinajstić information content (AvgIpc) is 3.84. The zero-order valence-corrected chi connectivity index (χ0v) is 37.3. The number of benzene rings is 4. The number of imidazole rings is 1. The average molecular weight is 866 g/mol. The number of nitrogens with zero attached hydrogens (tertiary/aromatic N) is 3. The molecule has 61 heavy (non-hydrogen) atoms. The maximum atomic E-state index is 13.8. The van der Waals surface area contributed by atoms with E-state index in [0.29, 0.717) is 41.1 Å². The van der Waals surface area contributed by atoms with E-state index in [1.165, 1.54) is 6.33 Å². The summed E-state index contributed by atoms with van der Waals surface area (Å²) in [6.45, 7) is 8.83. The lowest BCUT2D eigenvalue weighted by molar-refractivity contribution is -0.0901. The molecule has 0 radical (unpaired) electrons. The van der Waals surface area contributed by atoms with Crippen molar-refractivity contribution in [1.29, 1.82) is 0 Å². The predicted molar refractivity (Wildman–Crippen MR) is 239 cm³/mol. The highest BCUT2D eigenvalue weighted by atomic mass is 32.5. The number of hydrogen-bond donors (Lipinski definition) is 2. The van der Waals surface area contributed by atoms with Gasteiger partial charge in [0.1, 0.15) is 29.4 Å². The first kappa shape index (κ1) is 43.7. The molecule has 4 atom stereocenters. The molecule has 4 aromatic carbocycles. The van der Waals surface area contributed by atoms with Gasteiger partial charge in [0.15, 0.2) is 11.2 Å². The lowest BCUT2D eigenvalue weighted by atomic mass is 9.80. The van der Waals surface area contributed by atoms with Gasteiger partial charge >= 0.3 is 5.97 Å². The summed E-state index contributed by atoms with van der Waals surface area (Å²) in [6.07, 6.45) is -0.411. The zero-order valence-electron chi connectivity index (χ0n) is 35.6. The van der Waals surface area contributed by atoms with E-state index in [2.05, 4.69) is 29.1 Å². The number of rotatable bonds is 16. The van der Waals surface area contributed by atoms with E-state index >= 15 is 0 Å². The maximum Gasteiger partial charge on any atom is 0.343 e. The topological polar surface area (TPSA) is 148 Å². The number of carbonyl (C=O) groups is 1. The van der Waals surface area contributed by atoms with Crippen LogP contribution in [-0.4, -0.2) is 71.7 Å². The molecule has 0 spiro atoms. The SMILES string of the molecule is COc1ccc(C(OC[C@H]2O[C@@H](n3cnc4c(=O)[nH]c(NCC(C)C)nc43)C[C@@H]2OP(C)(=S)OC(=O)c2c(C)cc(C)cc2C)(c2ccccc2)c2ccc(OC)cc2)cc1. The molecule has 1 fully saturated rings. The summed E-state index contributed by atoms with van der Waals surface area (Å²) in [6, 6.07) is 29.3. The fourth-order valence-corrected chi connectivity index (χ4v) is 9.58. The van der Waals surface area contributed by atoms with Crippen molar-refractivity contribution in [2.75, 3.05) is 39.4 Å². The number of aryl methyl sites for hydroxylation is 3. The normalized spacial score (nSPS) is 17.6. The Balaban J connectivity index is 1.28. The van der Waals surface area contributed by atoms with Gasteiger partial charge in [-0.2, -0.15) is 4.98 Å². The van der Waals surface area contributed by atoms with Gasteiger partial charge in [0.2, 0.25) is 12.4 Å². The van der Waals surface area contributed by atoms with Crippen LogP contribution in [0.1, 0.15) is 70.2 Å². The first-order chi connectivity index (χ1) is 29.2. The molecule has 15 heteroatoms. The molecule has 3 heterocycles. The highest BCUT2D eigenvalue weighted by Gasteiger charge is 2.45. The highest BCUT2D eigenvalue weighted by molar-refractivity contribution is 8.09. The summed E-state index contributed by atoms with van der Waals surface area (Å²) in [5.41, 5.74) is 4.56. The van der Waals surface area contributed by atoms with E-state index < -0.39 is 36.5 Å². The van der Waals surface area contributed by atoms with Crippen LogP contribution in [0.15, 0.2) is 102 Å². The molecule has 1 saturated heterocycles. The van der Waals surface area contributed by atoms with Crippen LogP contribution in [-0.2, 0) is 35.9 Å². The van der Waals surface area contributed by atoms with Gasteiger partial charge in [-0.15, -0.1) is 0 Å². The van der Waals surface area contributed by atoms with Gasteiger partial charge in [-0.1, -0.05) is 86.1 Å². The predicted octanol–water partition coefficient (Wildman–Crippen LogP) is 8.61. The molecule has 0 amide bonds. The first-order valence-electron chi connectivity index (χ1n) is 20.1. The molecular weight excluding hydrogens is 814 g/mol. The van der Waals surface area contributed by atoms with Gasteiger partial charge in [0, 0.05) is 19.6 Å². The number of carbonyl (C=O) groups excluding carboxylic acids is 1. The largest absolute Gasteiger partial charge is 0.497 e. The molecule has 0 aliphatic carbocycles. The molecular formula is C46H52N5O8PS. The van der Waals surface area contributed by atoms with E-state index in [0.717, 1.165) is 33.4 Å². The van der Waals surface area contributed by atoms with E-state index in [9.17, 15) is 9.59 Å². The second kappa shape index (κ2) is 18.3. The van der Waals surface area contributed by atoms with Crippen molar-refractivity contribution in [3.05, 3.63) is 147 Å². The lowest BCUT2D eigenvalue weighted by Gasteiger charge is -2.37. The number of fused-ring (bicyclic) bond motifs is 1. The highest BCUT2D eigenvalue weighted by Crippen LogP contribution is 2.51. The third-order valence-corrected chi connectivity index (χ3v) is 12.3. The number of aromatic amines is 1. The fraction of sp³-hybridized carbons (Fsp3) is 0.348. The Morgan fingerprint density at radius 1 is 0.951 bits per heavy atom. The minimum absolute atomic E-state index is 0.00455. The first-order valence-corrected chi connectivity index (χ1v) is 23.2. The summed E-state index contributed by atoms with van der Waals surface area (Å²) in [5.74, 6) is 1.47. The minimum atomic E-state index is -3.28. The van der Waals surface area contributed by atoms with E-state index in [1.807, 2.05) is 112 Å². The lowest BCUT2D eigenvalue weighted by Crippen LogP contribution is -2.38. The van der Waals surface area contributed by atoms with Crippen LogP contribution in [0, 0.1) is 26.7 Å². The summed E-state index contributed by atoms with van der Waals surface area (Å²) >= 11 is 6.00. The van der Waals surface area contributed by atoms with Gasteiger partial charge in [-0.05, 0) is 90.6 Å². The van der Waals surface area contributed by atoms with Crippen LogP contribution in [0.2, 0.25) is 0 Å². The molecule has 1 aliphatic rings. The van der Waals surface area contributed by atoms with Crippen molar-refractivity contribution >= 4 is 41.4 Å². The Bertz CT molecular complexity index is 2530. The Morgan fingerprint density at radius 3 is 2.11 bits per heavy atom. The van der Waals surface area contributed by atoms with Crippen LogP contribution < -0.4 is 20.3 Å². The number of H-pyrrole nitrogens is 1. The standard InChI is InChI=1S/C46H52N5O8PS/c1-28(2)25-47-45-49-42-41(43(52)50-45)48-27-51(42)39-24-37(58-60(8,61)59-44(53)40-30(4)22-29(3)23-31(40)5)38(57-39)26-56-46(32-12-10-9-11-13-32,33-14-18-35(54-6)19-15-33)34-16-20-36(55-7)21-17-34/h9-23,27-28,37-39H,24-26H2,1-8H3,(H2,47,49,50,52)/t37-,38+,39+,60?/m0/s1. The summed E-state index contributed by atoms with van der Waals surface area (Å²) < 4.78 is 39.7. The summed E-state index contributed by atoms with van der Waals surface area (Å²) in [4.78, 5) is 38.9. The summed E-state index contributed by atoms with van der Waals surface area (Å²) in [7, 11) is 3.25. The monoisotopic (exact) mass is 865 g/mol. The number of hydrogen-bond acceptors (Lipinski definition) is 12. The van der Waals surface area contributed by atoms with Crippen molar-refractivity contribution < 1.29 is 32.8 Å². The van der Waals surface area contributed by atoms with Crippen molar-refractivity contribution in [3.8, 4) is 11.5 Å². The third-order valence-electron chi connectivity index (χ3n) is 10.7. The molecule has 6 aromatic rings. The number of anilines is 1. The zero-order chi connectivity index (χ0) is 43.5. The number of nitrogens with one attached hydrogen (secondary N) is 2. The number of aromatic nitrogens is 4. The molecule has 2 N–H and O–H groups in total. The Kier molecular flexibility index (Phi) is 13.1. The Morgan fingerprint density at radius 2 is 1.54 bits per heavy atom. The summed E-state index contributed by atoms with van der Waals surface area (Å²) in [5, 5.41) is 3.21. The van der Waals surface area contributed by atoms with Gasteiger partial charge in [-0.3, -0.25) is 14.3 Å². The van der Waals surface area contributed by atoms with Crippen molar-refractivity contribution in [2.24, 2.45) is 5.92 Å². The van der Waals surface area contributed by atoms with E-state index in [1.54, 1.807) is 25.5 Å². The molecule has 0 saturated carbocycles. The van der Waals surface area contributed by atoms with Gasteiger partial charge < -0.3 is 33.3 Å². The van der Waals surface area contributed by atoms with Crippen molar-refractivity contribution in [3.63, 3.8) is 0 Å². The molecule has 13 nitrogen and oxygen atoms in total. The molecule has 320 valence electrons. The Labute approximate surface area is 360 Å². The third kappa shape index (κ3) is 9.44. The molecule has 0 bridgehead atoms. The van der Waals surface area contributed by atoms with Crippen LogP contribution >= 0.6 is 6.49 Å². The molecule has 1 aliphatic heterocycles. The maximum absolute atomic E-state index is 13.8. The van der Waals surface area contributed by atoms with Gasteiger partial charge in [-0.25, -0.2) is 9.78 Å². The second-order valence-electron chi connectivity index (χ2n) is 15.8. The second-order valence-corrected chi connectivity index (χ2v) is 19.7. The van der Waals surface area contributed by atoms with Gasteiger partial charge in [0.25, 0.3) is 5.56 Å². The van der Waals surface area contributed by atoms with Crippen LogP contribution in [0.5, 0.6) is 11.5 Å². The fourth-order valence-electron chi connectivity index (χ4n) is 7.90. The number of ether oxygens (including phenoxy) is 4. The van der Waals surface area contributed by atoms with Crippen LogP contribution in [0.3, 0.4) is 0 Å². The molecule has 1 unspecified atom stereocenters. The van der Waals surface area contributed by atoms with Crippen molar-refractivity contribution in [2.45, 2.75) is 65.1 Å².